The zero-order chi connectivity index (χ0) is 23.5. The van der Waals surface area contributed by atoms with E-state index in [-0.39, 0.29) is 35.5 Å². The van der Waals surface area contributed by atoms with E-state index in [1.54, 1.807) is 24.3 Å². The number of aliphatic hydroxyl groups excluding tert-OH is 2. The lowest BCUT2D eigenvalue weighted by Gasteiger charge is -2.31. The van der Waals surface area contributed by atoms with Crippen LogP contribution in [0.15, 0.2) is 58.3 Å². The molecule has 0 radical (unpaired) electrons. The highest BCUT2D eigenvalue weighted by Crippen LogP contribution is 2.23. The molecule has 1 aliphatic rings. The van der Waals surface area contributed by atoms with E-state index in [1.165, 1.54) is 24.3 Å². The molecule has 32 heavy (non-hydrogen) atoms. The fourth-order valence-electron chi connectivity index (χ4n) is 3.90. The quantitative estimate of drug-likeness (QED) is 0.494. The zero-order valence-electron chi connectivity index (χ0n) is 18.1. The van der Waals surface area contributed by atoms with Crippen molar-refractivity contribution in [1.82, 2.24) is 9.44 Å². The monoisotopic (exact) mass is 482 g/mol. The van der Waals surface area contributed by atoms with Crippen molar-refractivity contribution in [2.75, 3.05) is 0 Å². The van der Waals surface area contributed by atoms with E-state index >= 15 is 0 Å². The van der Waals surface area contributed by atoms with Crippen LogP contribution in [0, 0.1) is 13.8 Å². The molecule has 2 aromatic carbocycles. The molecule has 176 valence electrons. The van der Waals surface area contributed by atoms with Gasteiger partial charge < -0.3 is 10.2 Å². The van der Waals surface area contributed by atoms with Gasteiger partial charge in [-0.25, -0.2) is 26.3 Å². The molecule has 0 atom stereocenters. The van der Waals surface area contributed by atoms with Crippen molar-refractivity contribution >= 4 is 20.0 Å². The van der Waals surface area contributed by atoms with Gasteiger partial charge in [-0.15, -0.1) is 0 Å². The highest BCUT2D eigenvalue weighted by atomic mass is 32.2. The first-order valence-corrected chi connectivity index (χ1v) is 13.5. The van der Waals surface area contributed by atoms with Crippen LogP contribution >= 0.6 is 0 Å². The summed E-state index contributed by atoms with van der Waals surface area (Å²) in [6.07, 6.45) is -1.65. The van der Waals surface area contributed by atoms with Crippen molar-refractivity contribution in [3.05, 3.63) is 59.7 Å². The van der Waals surface area contributed by atoms with Crippen LogP contribution in [-0.2, 0) is 20.0 Å². The van der Waals surface area contributed by atoms with Crippen LogP contribution in [0.4, 0.5) is 0 Å². The van der Waals surface area contributed by atoms with Crippen LogP contribution < -0.4 is 9.44 Å². The Morgan fingerprint density at radius 3 is 1.19 bits per heavy atom. The normalized spacial score (nSPS) is 25.1. The molecule has 0 heterocycles. The van der Waals surface area contributed by atoms with Gasteiger partial charge in [0.1, 0.15) is 0 Å². The second-order valence-electron chi connectivity index (χ2n) is 8.51. The predicted octanol–water partition coefficient (Wildman–Crippen LogP) is 1.59. The average Bonchev–Trinajstić information content (AvgIpc) is 2.66. The average molecular weight is 483 g/mol. The van der Waals surface area contributed by atoms with Crippen LogP contribution in [0.1, 0.15) is 36.8 Å². The first-order chi connectivity index (χ1) is 14.9. The third kappa shape index (κ3) is 6.60. The maximum atomic E-state index is 12.7. The zero-order valence-corrected chi connectivity index (χ0v) is 19.7. The molecule has 8 nitrogen and oxygen atoms in total. The molecule has 0 amide bonds. The lowest BCUT2D eigenvalue weighted by atomic mass is 9.91. The highest BCUT2D eigenvalue weighted by molar-refractivity contribution is 7.89. The van der Waals surface area contributed by atoms with Crippen molar-refractivity contribution in [1.29, 1.82) is 0 Å². The fraction of sp³-hybridized carbons (Fsp3) is 0.455. The Bertz CT molecular complexity index is 1010. The summed E-state index contributed by atoms with van der Waals surface area (Å²) in [6, 6.07) is 11.4. The molecule has 0 spiro atoms. The Balaban J connectivity index is 1.67. The number of hydrogen-bond acceptors (Lipinski definition) is 6. The molecule has 10 heteroatoms. The summed E-state index contributed by atoms with van der Waals surface area (Å²) in [5.74, 6) is 0. The van der Waals surface area contributed by atoms with Crippen molar-refractivity contribution in [2.45, 2.75) is 73.6 Å². The molecule has 0 aliphatic heterocycles. The molecule has 1 saturated carbocycles. The summed E-state index contributed by atoms with van der Waals surface area (Å²) < 4.78 is 55.9. The number of aliphatic hydroxyl groups is 2. The standard InChI is InChI=1S/C22H30N2O6S2/c1-15-3-7-21(8-4-15)31(27,28)23-17-11-19(25)13-18(14-20(26)12-17)24-32(29,30)22-9-5-16(2)6-10-22/h3-10,17-20,23-26H,11-14H2,1-2H3. The summed E-state index contributed by atoms with van der Waals surface area (Å²) in [5.41, 5.74) is 1.86. The topological polar surface area (TPSA) is 133 Å². The Kier molecular flexibility index (Phi) is 7.74. The second-order valence-corrected chi connectivity index (χ2v) is 11.9. The molecule has 1 fully saturated rings. The fourth-order valence-corrected chi connectivity index (χ4v) is 6.42. The number of aryl methyl sites for hydroxylation is 2. The first-order valence-electron chi connectivity index (χ1n) is 10.5. The summed E-state index contributed by atoms with van der Waals surface area (Å²) in [5, 5.41) is 21.0. The largest absolute Gasteiger partial charge is 0.393 e. The van der Waals surface area contributed by atoms with Crippen molar-refractivity contribution in [3.8, 4) is 0 Å². The number of rotatable bonds is 6. The predicted molar refractivity (Wildman–Crippen MR) is 121 cm³/mol. The Morgan fingerprint density at radius 2 is 0.906 bits per heavy atom. The minimum Gasteiger partial charge on any atom is -0.393 e. The van der Waals surface area contributed by atoms with Crippen molar-refractivity contribution < 1.29 is 27.0 Å². The number of nitrogens with one attached hydrogen (secondary N) is 2. The third-order valence-electron chi connectivity index (χ3n) is 5.53. The number of benzene rings is 2. The minimum atomic E-state index is -3.82. The molecule has 0 saturated heterocycles. The maximum absolute atomic E-state index is 12.7. The van der Waals surface area contributed by atoms with Crippen LogP contribution in [0.3, 0.4) is 0 Å². The molecule has 2 aromatic rings. The van der Waals surface area contributed by atoms with E-state index in [0.29, 0.717) is 0 Å². The lowest BCUT2D eigenvalue weighted by Crippen LogP contribution is -2.46. The van der Waals surface area contributed by atoms with Crippen molar-refractivity contribution in [2.24, 2.45) is 0 Å². The van der Waals surface area contributed by atoms with E-state index in [9.17, 15) is 27.0 Å². The number of sulfonamides is 2. The molecule has 4 N–H and O–H groups in total. The van der Waals surface area contributed by atoms with Gasteiger partial charge in [-0.3, -0.25) is 0 Å². The van der Waals surface area contributed by atoms with Gasteiger partial charge >= 0.3 is 0 Å². The van der Waals surface area contributed by atoms with Gasteiger partial charge in [-0.2, -0.15) is 0 Å². The van der Waals surface area contributed by atoms with E-state index in [0.717, 1.165) is 11.1 Å². The lowest BCUT2D eigenvalue weighted by molar-refractivity contribution is 0.0717. The van der Waals surface area contributed by atoms with E-state index in [2.05, 4.69) is 9.44 Å². The molecular weight excluding hydrogens is 452 g/mol. The smallest absolute Gasteiger partial charge is 0.240 e. The second kappa shape index (κ2) is 9.98. The summed E-state index contributed by atoms with van der Waals surface area (Å²) in [7, 11) is -7.63. The van der Waals surface area contributed by atoms with Crippen LogP contribution in [0.25, 0.3) is 0 Å². The van der Waals surface area contributed by atoms with Gasteiger partial charge in [0.05, 0.1) is 22.0 Å². The van der Waals surface area contributed by atoms with Gasteiger partial charge in [0.15, 0.2) is 0 Å². The first kappa shape index (κ1) is 24.8. The van der Waals surface area contributed by atoms with E-state index in [4.69, 9.17) is 0 Å². The summed E-state index contributed by atoms with van der Waals surface area (Å²) in [6.45, 7) is 3.71. The summed E-state index contributed by atoms with van der Waals surface area (Å²) >= 11 is 0. The highest BCUT2D eigenvalue weighted by Gasteiger charge is 2.32. The van der Waals surface area contributed by atoms with Crippen LogP contribution in [-0.4, -0.2) is 51.3 Å². The molecular formula is C22H30N2O6S2. The van der Waals surface area contributed by atoms with Gasteiger partial charge in [0.25, 0.3) is 0 Å². The molecule has 1 aliphatic carbocycles. The molecule has 0 aromatic heterocycles. The van der Waals surface area contributed by atoms with Crippen LogP contribution in [0.2, 0.25) is 0 Å². The van der Waals surface area contributed by atoms with E-state index < -0.39 is 44.3 Å². The SMILES string of the molecule is Cc1ccc(S(=O)(=O)NC2CC(O)CC(NS(=O)(=O)c3ccc(C)cc3)CC(O)C2)cc1. The van der Waals surface area contributed by atoms with Gasteiger partial charge in [0.2, 0.25) is 20.0 Å². The van der Waals surface area contributed by atoms with Gasteiger partial charge in [0, 0.05) is 12.1 Å². The Labute approximate surface area is 189 Å². The number of hydrogen-bond donors (Lipinski definition) is 4. The minimum absolute atomic E-state index is 0.0604. The van der Waals surface area contributed by atoms with Crippen LogP contribution in [0.5, 0.6) is 0 Å². The Morgan fingerprint density at radius 1 is 0.625 bits per heavy atom. The Hall–Kier alpha value is -1.82. The van der Waals surface area contributed by atoms with Gasteiger partial charge in [-0.1, -0.05) is 35.4 Å². The van der Waals surface area contributed by atoms with E-state index in [1.807, 2.05) is 13.8 Å². The molecule has 0 bridgehead atoms. The summed E-state index contributed by atoms with van der Waals surface area (Å²) in [4.78, 5) is 0.218. The third-order valence-corrected chi connectivity index (χ3v) is 8.61. The molecule has 3 rings (SSSR count). The maximum Gasteiger partial charge on any atom is 0.240 e. The molecule has 0 unspecified atom stereocenters. The van der Waals surface area contributed by atoms with Crippen molar-refractivity contribution in [3.63, 3.8) is 0 Å². The van der Waals surface area contributed by atoms with Gasteiger partial charge in [-0.05, 0) is 63.8 Å².